The molecule has 2 aromatic carbocycles. The Morgan fingerprint density at radius 2 is 2.06 bits per heavy atom. The van der Waals surface area contributed by atoms with Crippen molar-refractivity contribution in [2.75, 3.05) is 18.4 Å². The van der Waals surface area contributed by atoms with E-state index in [1.165, 1.54) is 0 Å². The van der Waals surface area contributed by atoms with E-state index in [2.05, 4.69) is 27.0 Å². The smallest absolute Gasteiger partial charge is 0.321 e. The average molecular weight is 420 g/mol. The second-order valence-corrected chi connectivity index (χ2v) is 7.96. The van der Waals surface area contributed by atoms with E-state index in [0.29, 0.717) is 24.6 Å². The Balaban J connectivity index is 1.44. The van der Waals surface area contributed by atoms with Gasteiger partial charge < -0.3 is 19.5 Å². The van der Waals surface area contributed by atoms with E-state index in [1.54, 1.807) is 6.33 Å². The Labute approximate surface area is 183 Å². The molecule has 0 bridgehead atoms. The van der Waals surface area contributed by atoms with Crippen LogP contribution in [-0.2, 0) is 13.2 Å². The molecule has 7 nitrogen and oxygen atoms in total. The molecule has 31 heavy (non-hydrogen) atoms. The van der Waals surface area contributed by atoms with Crippen LogP contribution in [-0.4, -0.2) is 38.8 Å². The molecule has 1 fully saturated rings. The third-order valence-electron chi connectivity index (χ3n) is 5.68. The fourth-order valence-electron chi connectivity index (χ4n) is 3.98. The normalized spacial score (nSPS) is 16.2. The van der Waals surface area contributed by atoms with Crippen LogP contribution in [0.2, 0.25) is 0 Å². The molecule has 3 aromatic rings. The van der Waals surface area contributed by atoms with Gasteiger partial charge >= 0.3 is 6.03 Å². The summed E-state index contributed by atoms with van der Waals surface area (Å²) in [4.78, 5) is 14.9. The fourth-order valence-corrected chi connectivity index (χ4v) is 3.98. The predicted molar refractivity (Wildman–Crippen MR) is 120 cm³/mol. The number of hydrogen-bond donors (Lipinski definition) is 1. The van der Waals surface area contributed by atoms with Crippen LogP contribution >= 0.6 is 0 Å². The lowest BCUT2D eigenvalue weighted by molar-refractivity contribution is 0.190. The number of aromatic nitrogens is 3. The largest absolute Gasteiger partial charge is 0.487 e. The number of benzene rings is 2. The summed E-state index contributed by atoms with van der Waals surface area (Å²) in [7, 11) is 0. The highest BCUT2D eigenvalue weighted by atomic mass is 16.5. The zero-order valence-electron chi connectivity index (χ0n) is 18.1. The minimum atomic E-state index is -0.110. The van der Waals surface area contributed by atoms with Crippen LogP contribution in [0.3, 0.4) is 0 Å². The van der Waals surface area contributed by atoms with Crippen LogP contribution in [0, 0.1) is 6.92 Å². The summed E-state index contributed by atoms with van der Waals surface area (Å²) in [5, 5.41) is 11.4. The number of nitrogens with zero attached hydrogens (tertiary/aromatic N) is 4. The van der Waals surface area contributed by atoms with Gasteiger partial charge in [-0.15, -0.1) is 10.2 Å². The van der Waals surface area contributed by atoms with Gasteiger partial charge in [0.2, 0.25) is 0 Å². The molecule has 2 amide bonds. The first-order valence-corrected chi connectivity index (χ1v) is 10.8. The molecule has 1 N–H and O–H groups in total. The van der Waals surface area contributed by atoms with Gasteiger partial charge in [-0.05, 0) is 49.9 Å². The molecular weight excluding hydrogens is 390 g/mol. The van der Waals surface area contributed by atoms with Crippen molar-refractivity contribution in [3.8, 4) is 5.75 Å². The average Bonchev–Trinajstić information content (AvgIpc) is 3.29. The minimum Gasteiger partial charge on any atom is -0.487 e. The molecule has 2 heterocycles. The third kappa shape index (κ3) is 5.05. The Hall–Kier alpha value is -3.35. The van der Waals surface area contributed by atoms with E-state index in [9.17, 15) is 4.79 Å². The molecule has 162 valence electrons. The van der Waals surface area contributed by atoms with Crippen LogP contribution in [0.5, 0.6) is 5.75 Å². The fraction of sp³-hybridized carbons (Fsp3) is 0.375. The van der Waals surface area contributed by atoms with Gasteiger partial charge in [-0.3, -0.25) is 0 Å². The van der Waals surface area contributed by atoms with Gasteiger partial charge in [0.1, 0.15) is 24.5 Å². The summed E-state index contributed by atoms with van der Waals surface area (Å²) in [6.07, 6.45) is 3.72. The molecule has 7 heteroatoms. The van der Waals surface area contributed by atoms with Crippen LogP contribution in [0.15, 0.2) is 54.9 Å². The third-order valence-corrected chi connectivity index (χ3v) is 5.68. The number of rotatable bonds is 6. The summed E-state index contributed by atoms with van der Waals surface area (Å²) < 4.78 is 8.10. The van der Waals surface area contributed by atoms with Crippen molar-refractivity contribution in [1.29, 1.82) is 0 Å². The number of likely N-dealkylation sites (tertiary alicyclic amines) is 1. The van der Waals surface area contributed by atoms with Gasteiger partial charge in [0.05, 0.1) is 5.69 Å². The lowest BCUT2D eigenvalue weighted by atomic mass is 9.97. The number of nitrogens with one attached hydrogen (secondary N) is 1. The topological polar surface area (TPSA) is 72.3 Å². The molecule has 1 aliphatic heterocycles. The lowest BCUT2D eigenvalue weighted by Gasteiger charge is -2.32. The van der Waals surface area contributed by atoms with Crippen LogP contribution in [0.1, 0.15) is 42.6 Å². The molecule has 1 saturated heterocycles. The number of ether oxygens (including phenoxy) is 1. The van der Waals surface area contributed by atoms with E-state index in [-0.39, 0.29) is 11.9 Å². The molecule has 1 aromatic heterocycles. The van der Waals surface area contributed by atoms with Crippen molar-refractivity contribution < 1.29 is 9.53 Å². The Morgan fingerprint density at radius 1 is 1.23 bits per heavy atom. The number of hydrogen-bond acceptors (Lipinski definition) is 4. The summed E-state index contributed by atoms with van der Waals surface area (Å²) in [6.45, 7) is 6.74. The molecule has 4 rings (SSSR count). The Kier molecular flexibility index (Phi) is 6.50. The van der Waals surface area contributed by atoms with Crippen molar-refractivity contribution in [3.05, 3.63) is 71.8 Å². The van der Waals surface area contributed by atoms with Gasteiger partial charge in [0.25, 0.3) is 0 Å². The number of aryl methyl sites for hydroxylation is 2. The van der Waals surface area contributed by atoms with Crippen LogP contribution < -0.4 is 10.1 Å². The van der Waals surface area contributed by atoms with E-state index in [4.69, 9.17) is 4.74 Å². The van der Waals surface area contributed by atoms with E-state index >= 15 is 0 Å². The number of anilines is 1. The minimum absolute atomic E-state index is 0.110. The van der Waals surface area contributed by atoms with Gasteiger partial charge in [-0.1, -0.05) is 36.4 Å². The van der Waals surface area contributed by atoms with Crippen molar-refractivity contribution in [2.24, 2.45) is 0 Å². The number of amides is 2. The summed E-state index contributed by atoms with van der Waals surface area (Å²) in [5.74, 6) is 1.84. The number of urea groups is 1. The predicted octanol–water partition coefficient (Wildman–Crippen LogP) is 4.60. The van der Waals surface area contributed by atoms with Gasteiger partial charge in [-0.25, -0.2) is 4.79 Å². The molecular formula is C24H29N5O2. The number of piperidine rings is 1. The highest BCUT2D eigenvalue weighted by molar-refractivity contribution is 5.91. The number of carbonyl (C=O) groups is 1. The molecule has 0 spiro atoms. The highest BCUT2D eigenvalue weighted by Crippen LogP contribution is 2.29. The lowest BCUT2D eigenvalue weighted by Crippen LogP contribution is -2.42. The maximum absolute atomic E-state index is 13.1. The quantitative estimate of drug-likeness (QED) is 0.634. The first kappa shape index (κ1) is 20.9. The van der Waals surface area contributed by atoms with Crippen molar-refractivity contribution >= 4 is 11.7 Å². The standard InChI is InChI=1S/C24H29N5O2/c1-3-28-17-25-27-23(28)20-10-7-13-29(15-20)24(30)26-21-12-11-18(2)14-22(21)31-16-19-8-5-4-6-9-19/h4-6,8-9,11-12,14,17,20H,3,7,10,13,15-16H2,1-2H3,(H,26,30). The zero-order chi connectivity index (χ0) is 21.6. The van der Waals surface area contributed by atoms with Crippen LogP contribution in [0.25, 0.3) is 0 Å². The molecule has 0 aliphatic carbocycles. The van der Waals surface area contributed by atoms with E-state index in [0.717, 1.165) is 42.9 Å². The first-order valence-electron chi connectivity index (χ1n) is 10.8. The van der Waals surface area contributed by atoms with Crippen molar-refractivity contribution in [2.45, 2.75) is 45.8 Å². The monoisotopic (exact) mass is 419 g/mol. The van der Waals surface area contributed by atoms with Gasteiger partial charge in [0.15, 0.2) is 0 Å². The second-order valence-electron chi connectivity index (χ2n) is 7.96. The van der Waals surface area contributed by atoms with Crippen molar-refractivity contribution in [1.82, 2.24) is 19.7 Å². The molecule has 1 aliphatic rings. The number of carbonyl (C=O) groups excluding carboxylic acids is 1. The molecule has 0 saturated carbocycles. The molecule has 0 radical (unpaired) electrons. The van der Waals surface area contributed by atoms with Gasteiger partial charge in [-0.2, -0.15) is 0 Å². The second kappa shape index (κ2) is 9.64. The van der Waals surface area contributed by atoms with E-state index in [1.807, 2.05) is 60.4 Å². The first-order chi connectivity index (χ1) is 15.1. The van der Waals surface area contributed by atoms with E-state index < -0.39 is 0 Å². The Bertz CT molecular complexity index is 1020. The summed E-state index contributed by atoms with van der Waals surface area (Å²) in [6, 6.07) is 15.7. The molecule has 1 unspecified atom stereocenters. The van der Waals surface area contributed by atoms with Crippen molar-refractivity contribution in [3.63, 3.8) is 0 Å². The highest BCUT2D eigenvalue weighted by Gasteiger charge is 2.28. The zero-order valence-corrected chi connectivity index (χ0v) is 18.1. The van der Waals surface area contributed by atoms with Crippen LogP contribution in [0.4, 0.5) is 10.5 Å². The Morgan fingerprint density at radius 3 is 2.87 bits per heavy atom. The SMILES string of the molecule is CCn1cnnc1C1CCCN(C(=O)Nc2ccc(C)cc2OCc2ccccc2)C1. The van der Waals surface area contributed by atoms with Gasteiger partial charge in [0, 0.05) is 25.6 Å². The maximum Gasteiger partial charge on any atom is 0.321 e. The summed E-state index contributed by atoms with van der Waals surface area (Å²) in [5.41, 5.74) is 2.85. The molecule has 1 atom stereocenters. The maximum atomic E-state index is 13.1. The summed E-state index contributed by atoms with van der Waals surface area (Å²) >= 11 is 0.